The molecule has 1 saturated heterocycles. The number of likely N-dealkylation sites (N-methyl/N-ethyl adjacent to an activating group) is 1. The Morgan fingerprint density at radius 1 is 1.35 bits per heavy atom. The van der Waals surface area contributed by atoms with Crippen molar-refractivity contribution in [3.63, 3.8) is 0 Å². The average Bonchev–Trinajstić information content (AvgIpc) is 3.13. The molecule has 2 aliphatic rings. The molecule has 1 unspecified atom stereocenters. The summed E-state index contributed by atoms with van der Waals surface area (Å²) in [5, 5.41) is 3.34. The molecule has 0 saturated carbocycles. The predicted molar refractivity (Wildman–Crippen MR) is 96.7 cm³/mol. The van der Waals surface area contributed by atoms with Gasteiger partial charge in [0.1, 0.15) is 0 Å². The summed E-state index contributed by atoms with van der Waals surface area (Å²) in [4.78, 5) is 7.16. The summed E-state index contributed by atoms with van der Waals surface area (Å²) < 4.78 is 0. The van der Waals surface area contributed by atoms with Crippen molar-refractivity contribution in [3.8, 4) is 0 Å². The molecule has 3 rings (SSSR count). The van der Waals surface area contributed by atoms with E-state index < -0.39 is 0 Å². The third kappa shape index (κ3) is 3.86. The molecule has 4 nitrogen and oxygen atoms in total. The van der Waals surface area contributed by atoms with Gasteiger partial charge in [0, 0.05) is 19.1 Å². The highest BCUT2D eigenvalue weighted by Crippen LogP contribution is 2.36. The largest absolute Gasteiger partial charge is 0.370 e. The Kier molecular flexibility index (Phi) is 4.90. The van der Waals surface area contributed by atoms with Crippen molar-refractivity contribution < 1.29 is 0 Å². The Bertz CT molecular complexity index is 541. The Morgan fingerprint density at radius 2 is 2.04 bits per heavy atom. The SMILES string of the molecule is CCN1CCCC1CNC(N)=NCC1(C)Cc2ccccc2C1. The van der Waals surface area contributed by atoms with Crippen LogP contribution in [0, 0.1) is 5.41 Å². The lowest BCUT2D eigenvalue weighted by Gasteiger charge is -2.24. The number of nitrogens with two attached hydrogens (primary N) is 1. The van der Waals surface area contributed by atoms with Crippen molar-refractivity contribution in [2.24, 2.45) is 16.1 Å². The summed E-state index contributed by atoms with van der Waals surface area (Å²) in [5.41, 5.74) is 9.26. The number of nitrogens with zero attached hydrogens (tertiary/aromatic N) is 2. The maximum Gasteiger partial charge on any atom is 0.188 e. The van der Waals surface area contributed by atoms with E-state index in [0.717, 1.165) is 32.5 Å². The number of hydrogen-bond donors (Lipinski definition) is 2. The topological polar surface area (TPSA) is 53.6 Å². The van der Waals surface area contributed by atoms with Gasteiger partial charge in [-0.3, -0.25) is 9.89 Å². The molecule has 1 aromatic carbocycles. The van der Waals surface area contributed by atoms with E-state index >= 15 is 0 Å². The zero-order valence-electron chi connectivity index (χ0n) is 14.5. The first-order valence-electron chi connectivity index (χ1n) is 8.94. The molecule has 1 aliphatic heterocycles. The number of aliphatic imine (C=N–C) groups is 1. The second-order valence-corrected chi connectivity index (χ2v) is 7.44. The number of fused-ring (bicyclic) bond motifs is 1. The summed E-state index contributed by atoms with van der Waals surface area (Å²) in [6.45, 7) is 8.60. The predicted octanol–water partition coefficient (Wildman–Crippen LogP) is 2.18. The van der Waals surface area contributed by atoms with Crippen LogP contribution in [0.5, 0.6) is 0 Å². The number of benzene rings is 1. The van der Waals surface area contributed by atoms with Gasteiger partial charge in [-0.2, -0.15) is 0 Å². The summed E-state index contributed by atoms with van der Waals surface area (Å²) in [7, 11) is 0. The Balaban J connectivity index is 1.50. The van der Waals surface area contributed by atoms with E-state index in [0.29, 0.717) is 12.0 Å². The van der Waals surface area contributed by atoms with Crippen LogP contribution in [0.25, 0.3) is 0 Å². The van der Waals surface area contributed by atoms with Crippen molar-refractivity contribution in [2.45, 2.75) is 45.6 Å². The number of guanidine groups is 1. The lowest BCUT2D eigenvalue weighted by Crippen LogP contribution is -2.43. The normalized spacial score (nSPS) is 23.9. The molecule has 4 heteroatoms. The van der Waals surface area contributed by atoms with Gasteiger partial charge >= 0.3 is 0 Å². The van der Waals surface area contributed by atoms with E-state index in [1.54, 1.807) is 0 Å². The summed E-state index contributed by atoms with van der Waals surface area (Å²) in [6.07, 6.45) is 4.77. The van der Waals surface area contributed by atoms with Gasteiger partial charge in [0.2, 0.25) is 0 Å². The summed E-state index contributed by atoms with van der Waals surface area (Å²) >= 11 is 0. The van der Waals surface area contributed by atoms with E-state index in [-0.39, 0.29) is 5.41 Å². The van der Waals surface area contributed by atoms with Crippen molar-refractivity contribution in [1.29, 1.82) is 0 Å². The lowest BCUT2D eigenvalue weighted by atomic mass is 9.87. The van der Waals surface area contributed by atoms with Crippen LogP contribution in [0.2, 0.25) is 0 Å². The quantitative estimate of drug-likeness (QED) is 0.647. The van der Waals surface area contributed by atoms with Crippen LogP contribution in [0.3, 0.4) is 0 Å². The minimum absolute atomic E-state index is 0.207. The summed E-state index contributed by atoms with van der Waals surface area (Å²) in [5.74, 6) is 0.602. The van der Waals surface area contributed by atoms with Crippen LogP contribution in [-0.4, -0.2) is 43.1 Å². The third-order valence-corrected chi connectivity index (χ3v) is 5.41. The van der Waals surface area contributed by atoms with Gasteiger partial charge in [-0.1, -0.05) is 38.1 Å². The fourth-order valence-corrected chi connectivity index (χ4v) is 4.09. The molecule has 126 valence electrons. The van der Waals surface area contributed by atoms with Gasteiger partial charge in [-0.25, -0.2) is 0 Å². The van der Waals surface area contributed by atoms with Crippen LogP contribution in [0.1, 0.15) is 37.8 Å². The van der Waals surface area contributed by atoms with E-state index in [4.69, 9.17) is 5.73 Å². The van der Waals surface area contributed by atoms with Crippen LogP contribution in [0.15, 0.2) is 29.3 Å². The molecule has 23 heavy (non-hydrogen) atoms. The number of likely N-dealkylation sites (tertiary alicyclic amines) is 1. The molecule has 0 bridgehead atoms. The Labute approximate surface area is 140 Å². The zero-order valence-corrected chi connectivity index (χ0v) is 14.5. The maximum atomic E-state index is 6.10. The molecule has 0 amide bonds. The number of hydrogen-bond acceptors (Lipinski definition) is 2. The molecule has 0 spiro atoms. The number of rotatable bonds is 5. The molecule has 1 aliphatic carbocycles. The van der Waals surface area contributed by atoms with Crippen LogP contribution < -0.4 is 11.1 Å². The molecule has 1 heterocycles. The fraction of sp³-hybridized carbons (Fsp3) is 0.632. The molecule has 0 radical (unpaired) electrons. The monoisotopic (exact) mass is 314 g/mol. The van der Waals surface area contributed by atoms with E-state index in [2.05, 4.69) is 53.3 Å². The van der Waals surface area contributed by atoms with Crippen molar-refractivity contribution in [1.82, 2.24) is 10.2 Å². The average molecular weight is 314 g/mol. The smallest absolute Gasteiger partial charge is 0.188 e. The first-order chi connectivity index (χ1) is 11.1. The first-order valence-corrected chi connectivity index (χ1v) is 8.94. The van der Waals surface area contributed by atoms with Crippen molar-refractivity contribution >= 4 is 5.96 Å². The Hall–Kier alpha value is -1.55. The highest BCUT2D eigenvalue weighted by molar-refractivity contribution is 5.77. The van der Waals surface area contributed by atoms with Crippen LogP contribution >= 0.6 is 0 Å². The summed E-state index contributed by atoms with van der Waals surface area (Å²) in [6, 6.07) is 9.35. The first kappa shape index (κ1) is 16.3. The van der Waals surface area contributed by atoms with E-state index in [1.807, 2.05) is 0 Å². The van der Waals surface area contributed by atoms with Gasteiger partial charge < -0.3 is 11.1 Å². The third-order valence-electron chi connectivity index (χ3n) is 5.41. The van der Waals surface area contributed by atoms with Gasteiger partial charge in [-0.15, -0.1) is 0 Å². The lowest BCUT2D eigenvalue weighted by molar-refractivity contribution is 0.267. The highest BCUT2D eigenvalue weighted by atomic mass is 15.2. The molecule has 1 fully saturated rings. The molecule has 3 N–H and O–H groups in total. The molecule has 1 aromatic rings. The fourth-order valence-electron chi connectivity index (χ4n) is 4.09. The molecule has 1 atom stereocenters. The highest BCUT2D eigenvalue weighted by Gasteiger charge is 2.32. The van der Waals surface area contributed by atoms with Gasteiger partial charge in [0.05, 0.1) is 0 Å². The van der Waals surface area contributed by atoms with Gasteiger partial charge in [0.25, 0.3) is 0 Å². The standard InChI is InChI=1S/C19H30N4/c1-3-23-10-6-9-17(23)13-21-18(20)22-14-19(2)11-15-7-4-5-8-16(15)12-19/h4-5,7-8,17H,3,6,9-14H2,1-2H3,(H3,20,21,22). The molecular formula is C19H30N4. The minimum Gasteiger partial charge on any atom is -0.370 e. The zero-order chi connectivity index (χ0) is 16.3. The molecule has 0 aromatic heterocycles. The second kappa shape index (κ2) is 6.91. The van der Waals surface area contributed by atoms with E-state index in [9.17, 15) is 0 Å². The minimum atomic E-state index is 0.207. The van der Waals surface area contributed by atoms with Crippen molar-refractivity contribution in [2.75, 3.05) is 26.2 Å². The van der Waals surface area contributed by atoms with Crippen LogP contribution in [0.4, 0.5) is 0 Å². The van der Waals surface area contributed by atoms with Gasteiger partial charge in [-0.05, 0) is 55.3 Å². The number of nitrogens with one attached hydrogen (secondary N) is 1. The second-order valence-electron chi connectivity index (χ2n) is 7.44. The Morgan fingerprint density at radius 3 is 2.70 bits per heavy atom. The van der Waals surface area contributed by atoms with Crippen molar-refractivity contribution in [3.05, 3.63) is 35.4 Å². The molecular weight excluding hydrogens is 284 g/mol. The van der Waals surface area contributed by atoms with Gasteiger partial charge in [0.15, 0.2) is 5.96 Å². The van der Waals surface area contributed by atoms with Crippen LogP contribution in [-0.2, 0) is 12.8 Å². The maximum absolute atomic E-state index is 6.10. The van der Waals surface area contributed by atoms with E-state index in [1.165, 1.54) is 30.5 Å².